The van der Waals surface area contributed by atoms with Gasteiger partial charge in [0.1, 0.15) is 10.7 Å². The third-order valence-corrected chi connectivity index (χ3v) is 5.14. The maximum Gasteiger partial charge on any atom is 0.246 e. The smallest absolute Gasteiger partial charge is 0.246 e. The topological polar surface area (TPSA) is 101 Å². The first-order valence-electron chi connectivity index (χ1n) is 6.44. The van der Waals surface area contributed by atoms with Gasteiger partial charge in [-0.15, -0.1) is 0 Å². The van der Waals surface area contributed by atoms with Gasteiger partial charge in [-0.3, -0.25) is 5.10 Å². The lowest BCUT2D eigenvalue weighted by molar-refractivity contribution is 0.508. The third kappa shape index (κ3) is 2.41. The molecule has 0 bridgehead atoms. The van der Waals surface area contributed by atoms with Gasteiger partial charge in [-0.05, 0) is 30.4 Å². The normalized spacial score (nSPS) is 18.7. The fraction of sp³-hybridized carbons (Fsp3) is 0.308. The molecule has 6 nitrogen and oxygen atoms in total. The summed E-state index contributed by atoms with van der Waals surface area (Å²) >= 11 is 0. The van der Waals surface area contributed by atoms with Crippen molar-refractivity contribution in [3.8, 4) is 0 Å². The van der Waals surface area contributed by atoms with E-state index in [0.29, 0.717) is 6.42 Å². The number of nitrogens with two attached hydrogens (primary N) is 1. The van der Waals surface area contributed by atoms with E-state index in [9.17, 15) is 8.42 Å². The van der Waals surface area contributed by atoms with Gasteiger partial charge in [0.25, 0.3) is 0 Å². The van der Waals surface area contributed by atoms with Crippen LogP contribution in [0.2, 0.25) is 0 Å². The second kappa shape index (κ2) is 4.92. The van der Waals surface area contributed by atoms with Crippen molar-refractivity contribution in [2.24, 2.45) is 0 Å². The van der Waals surface area contributed by atoms with Crippen LogP contribution in [0.3, 0.4) is 0 Å². The second-order valence-corrected chi connectivity index (χ2v) is 6.66. The molecule has 1 atom stereocenters. The quantitative estimate of drug-likeness (QED) is 0.780. The fourth-order valence-corrected chi connectivity index (χ4v) is 3.87. The molecular formula is C13H16N4O2S. The average Bonchev–Trinajstić information content (AvgIpc) is 2.85. The number of aryl methyl sites for hydroxylation is 1. The Hall–Kier alpha value is -1.86. The SMILES string of the molecule is Nc1[nH]ncc1S(=O)(=O)NC1CCc2ccccc2C1. The minimum absolute atomic E-state index is 0.0105. The molecule has 2 aromatic rings. The number of nitrogens with zero attached hydrogens (tertiary/aromatic N) is 1. The monoisotopic (exact) mass is 292 g/mol. The van der Waals surface area contributed by atoms with E-state index in [-0.39, 0.29) is 16.8 Å². The zero-order valence-electron chi connectivity index (χ0n) is 10.8. The molecule has 0 radical (unpaired) electrons. The van der Waals surface area contributed by atoms with Crippen molar-refractivity contribution in [3.05, 3.63) is 41.6 Å². The summed E-state index contributed by atoms with van der Waals surface area (Å²) in [7, 11) is -3.62. The van der Waals surface area contributed by atoms with E-state index in [1.54, 1.807) is 0 Å². The molecule has 106 valence electrons. The van der Waals surface area contributed by atoms with E-state index in [1.807, 2.05) is 18.2 Å². The van der Waals surface area contributed by atoms with Gasteiger partial charge in [0.05, 0.1) is 6.20 Å². The average molecular weight is 292 g/mol. The molecule has 0 amide bonds. The molecular weight excluding hydrogens is 276 g/mol. The van der Waals surface area contributed by atoms with Gasteiger partial charge in [0.15, 0.2) is 0 Å². The van der Waals surface area contributed by atoms with Gasteiger partial charge < -0.3 is 5.73 Å². The van der Waals surface area contributed by atoms with E-state index in [4.69, 9.17) is 5.73 Å². The largest absolute Gasteiger partial charge is 0.383 e. The molecule has 7 heteroatoms. The number of aromatic amines is 1. The zero-order chi connectivity index (χ0) is 14.2. The summed E-state index contributed by atoms with van der Waals surface area (Å²) in [6.45, 7) is 0. The summed E-state index contributed by atoms with van der Waals surface area (Å²) in [6, 6.07) is 8.01. The number of fused-ring (bicyclic) bond motifs is 1. The number of aromatic nitrogens is 2. The van der Waals surface area contributed by atoms with Crippen LogP contribution in [0.4, 0.5) is 5.82 Å². The molecule has 1 aliphatic carbocycles. The van der Waals surface area contributed by atoms with Gasteiger partial charge >= 0.3 is 0 Å². The predicted octanol–water partition coefficient (Wildman–Crippen LogP) is 0.828. The van der Waals surface area contributed by atoms with Crippen molar-refractivity contribution in [2.45, 2.75) is 30.2 Å². The minimum Gasteiger partial charge on any atom is -0.383 e. The number of benzene rings is 1. The Morgan fingerprint density at radius 3 is 2.75 bits per heavy atom. The number of sulfonamides is 1. The van der Waals surface area contributed by atoms with E-state index in [1.165, 1.54) is 17.3 Å². The van der Waals surface area contributed by atoms with Crippen LogP contribution in [0.1, 0.15) is 17.5 Å². The standard InChI is InChI=1S/C13H16N4O2S/c14-13-12(8-15-16-13)20(18,19)17-11-6-5-9-3-1-2-4-10(9)7-11/h1-4,8,11,17H,5-7H2,(H3,14,15,16). The highest BCUT2D eigenvalue weighted by Crippen LogP contribution is 2.23. The van der Waals surface area contributed by atoms with E-state index in [0.717, 1.165) is 12.8 Å². The van der Waals surface area contributed by atoms with Gasteiger partial charge in [0.2, 0.25) is 10.0 Å². The Kier molecular flexibility index (Phi) is 3.23. The van der Waals surface area contributed by atoms with Crippen molar-refractivity contribution >= 4 is 15.8 Å². The lowest BCUT2D eigenvalue weighted by Crippen LogP contribution is -2.38. The van der Waals surface area contributed by atoms with Crippen LogP contribution in [0.5, 0.6) is 0 Å². The molecule has 0 saturated heterocycles. The van der Waals surface area contributed by atoms with E-state index >= 15 is 0 Å². The number of hydrogen-bond acceptors (Lipinski definition) is 4. The minimum atomic E-state index is -3.62. The molecule has 0 spiro atoms. The predicted molar refractivity (Wildman–Crippen MR) is 75.6 cm³/mol. The van der Waals surface area contributed by atoms with Crippen LogP contribution in [-0.4, -0.2) is 24.7 Å². The molecule has 3 rings (SSSR count). The number of hydrogen-bond donors (Lipinski definition) is 3. The third-order valence-electron chi connectivity index (χ3n) is 3.59. The molecule has 0 fully saturated rings. The number of anilines is 1. The number of H-pyrrole nitrogens is 1. The van der Waals surface area contributed by atoms with Crippen molar-refractivity contribution in [2.75, 3.05) is 5.73 Å². The molecule has 20 heavy (non-hydrogen) atoms. The summed E-state index contributed by atoms with van der Waals surface area (Å²) in [4.78, 5) is 0.0105. The molecule has 1 heterocycles. The first kappa shape index (κ1) is 13.1. The van der Waals surface area contributed by atoms with Crippen LogP contribution < -0.4 is 10.5 Å². The van der Waals surface area contributed by atoms with Gasteiger partial charge in [0, 0.05) is 6.04 Å². The molecule has 1 aromatic carbocycles. The van der Waals surface area contributed by atoms with Crippen LogP contribution in [0, 0.1) is 0 Å². The zero-order valence-corrected chi connectivity index (χ0v) is 11.7. The molecule has 4 N–H and O–H groups in total. The van der Waals surface area contributed by atoms with E-state index < -0.39 is 10.0 Å². The highest BCUT2D eigenvalue weighted by Gasteiger charge is 2.26. The Bertz CT molecular complexity index is 723. The van der Waals surface area contributed by atoms with Gasteiger partial charge in [-0.25, -0.2) is 13.1 Å². The lowest BCUT2D eigenvalue weighted by atomic mass is 9.89. The highest BCUT2D eigenvalue weighted by molar-refractivity contribution is 7.89. The molecule has 1 aliphatic rings. The summed E-state index contributed by atoms with van der Waals surface area (Å²) < 4.78 is 27.2. The summed E-state index contributed by atoms with van der Waals surface area (Å²) in [5.74, 6) is 0.0636. The van der Waals surface area contributed by atoms with Gasteiger partial charge in [-0.2, -0.15) is 5.10 Å². The first-order chi connectivity index (χ1) is 9.56. The summed E-state index contributed by atoms with van der Waals surface area (Å²) in [5.41, 5.74) is 8.07. The van der Waals surface area contributed by atoms with E-state index in [2.05, 4.69) is 21.0 Å². The van der Waals surface area contributed by atoms with Crippen molar-refractivity contribution in [1.29, 1.82) is 0 Å². The number of nitrogens with one attached hydrogen (secondary N) is 2. The first-order valence-corrected chi connectivity index (χ1v) is 7.92. The molecule has 0 aliphatic heterocycles. The fourth-order valence-electron chi connectivity index (χ4n) is 2.58. The van der Waals surface area contributed by atoms with Gasteiger partial charge in [-0.1, -0.05) is 24.3 Å². The Morgan fingerprint density at radius 1 is 1.30 bits per heavy atom. The van der Waals surface area contributed by atoms with Crippen LogP contribution >= 0.6 is 0 Å². The van der Waals surface area contributed by atoms with Crippen LogP contribution in [0.25, 0.3) is 0 Å². The summed E-state index contributed by atoms with van der Waals surface area (Å²) in [5, 5.41) is 6.08. The van der Waals surface area contributed by atoms with Crippen molar-refractivity contribution < 1.29 is 8.42 Å². The van der Waals surface area contributed by atoms with Crippen molar-refractivity contribution in [1.82, 2.24) is 14.9 Å². The van der Waals surface area contributed by atoms with Crippen LogP contribution in [0.15, 0.2) is 35.4 Å². The second-order valence-electron chi connectivity index (χ2n) is 4.98. The maximum atomic E-state index is 12.2. The highest BCUT2D eigenvalue weighted by atomic mass is 32.2. The lowest BCUT2D eigenvalue weighted by Gasteiger charge is -2.25. The Balaban J connectivity index is 1.79. The molecule has 1 unspecified atom stereocenters. The maximum absolute atomic E-state index is 12.2. The Labute approximate surface area is 117 Å². The Morgan fingerprint density at radius 2 is 2.05 bits per heavy atom. The molecule has 1 aromatic heterocycles. The van der Waals surface area contributed by atoms with Crippen molar-refractivity contribution in [3.63, 3.8) is 0 Å². The number of nitrogen functional groups attached to an aromatic ring is 1. The number of rotatable bonds is 3. The van der Waals surface area contributed by atoms with Crippen LogP contribution in [-0.2, 0) is 22.9 Å². The summed E-state index contributed by atoms with van der Waals surface area (Å²) in [6.07, 6.45) is 3.60. The molecule has 0 saturated carbocycles.